The van der Waals surface area contributed by atoms with Crippen LogP contribution < -0.4 is 4.72 Å². The summed E-state index contributed by atoms with van der Waals surface area (Å²) in [6.45, 7) is 2.26. The number of phenols is 1. The van der Waals surface area contributed by atoms with E-state index in [0.717, 1.165) is 31.2 Å². The Kier molecular flexibility index (Phi) is 5.19. The second-order valence-electron chi connectivity index (χ2n) is 7.29. The van der Waals surface area contributed by atoms with Crippen molar-refractivity contribution in [1.29, 1.82) is 0 Å². The summed E-state index contributed by atoms with van der Waals surface area (Å²) in [6, 6.07) is 5.72. The second kappa shape index (κ2) is 7.67. The van der Waals surface area contributed by atoms with Crippen LogP contribution in [0.25, 0.3) is 11.4 Å². The second-order valence-corrected chi connectivity index (χ2v) is 8.94. The first-order chi connectivity index (χ1) is 14.3. The highest BCUT2D eigenvalue weighted by atomic mass is 32.2. The maximum Gasteiger partial charge on any atom is 0.265 e. The molecule has 0 saturated heterocycles. The van der Waals surface area contributed by atoms with E-state index in [2.05, 4.69) is 14.9 Å². The molecule has 2 heterocycles. The molecule has 1 aromatic heterocycles. The van der Waals surface area contributed by atoms with Gasteiger partial charge in [-0.3, -0.25) is 4.72 Å². The van der Waals surface area contributed by atoms with Crippen molar-refractivity contribution in [1.82, 2.24) is 14.8 Å². The van der Waals surface area contributed by atoms with Gasteiger partial charge in [0.25, 0.3) is 10.0 Å². The van der Waals surface area contributed by atoms with Gasteiger partial charge >= 0.3 is 0 Å². The molecule has 1 aliphatic heterocycles. The summed E-state index contributed by atoms with van der Waals surface area (Å²) in [6.07, 6.45) is 3.56. The molecule has 0 atom stereocenters. The molecule has 0 aliphatic carbocycles. The van der Waals surface area contributed by atoms with Crippen LogP contribution in [0.2, 0.25) is 0 Å². The molecular weight excluding hydrogens is 414 g/mol. The van der Waals surface area contributed by atoms with Gasteiger partial charge < -0.3 is 9.67 Å². The van der Waals surface area contributed by atoms with E-state index in [4.69, 9.17) is 0 Å². The molecule has 0 unspecified atom stereocenters. The fraction of sp³-hybridized carbons (Fsp3) is 0.300. The number of benzene rings is 2. The fourth-order valence-corrected chi connectivity index (χ4v) is 4.76. The van der Waals surface area contributed by atoms with Gasteiger partial charge in [-0.2, -0.15) is 0 Å². The molecular formula is C20H20F2N4O3S. The molecule has 158 valence electrons. The minimum Gasteiger partial charge on any atom is -0.507 e. The largest absolute Gasteiger partial charge is 0.507 e. The first-order valence-electron chi connectivity index (χ1n) is 9.50. The quantitative estimate of drug-likeness (QED) is 0.652. The van der Waals surface area contributed by atoms with E-state index in [-0.39, 0.29) is 11.4 Å². The summed E-state index contributed by atoms with van der Waals surface area (Å²) in [4.78, 5) is -0.399. The number of aryl methyl sites for hydroxylation is 2. The standard InChI is InChI=1S/C20H20F2N4O3S/c1-12-6-7-17(27)18(9-12)30(28,29)25-16-10-13(14(21)11-15(16)22)20-24-23-19-5-3-2-4-8-26(19)20/h6-7,9-11,25,27H,2-5,8H2,1H3. The zero-order chi connectivity index (χ0) is 21.5. The van der Waals surface area contributed by atoms with Gasteiger partial charge in [-0.15, -0.1) is 10.2 Å². The molecule has 4 rings (SSSR count). The number of sulfonamides is 1. The van der Waals surface area contributed by atoms with Gasteiger partial charge in [0, 0.05) is 19.0 Å². The highest BCUT2D eigenvalue weighted by molar-refractivity contribution is 7.92. The molecule has 0 saturated carbocycles. The Labute approximate surface area is 172 Å². The monoisotopic (exact) mass is 434 g/mol. The van der Waals surface area contributed by atoms with Crippen molar-refractivity contribution in [3.8, 4) is 17.1 Å². The van der Waals surface area contributed by atoms with E-state index in [0.29, 0.717) is 24.6 Å². The molecule has 1 aliphatic rings. The number of rotatable bonds is 4. The average Bonchev–Trinajstić information content (AvgIpc) is 2.93. The van der Waals surface area contributed by atoms with Gasteiger partial charge in [0.15, 0.2) is 5.82 Å². The number of halogens is 2. The van der Waals surface area contributed by atoms with Crippen molar-refractivity contribution in [3.05, 3.63) is 53.4 Å². The molecule has 0 radical (unpaired) electrons. The lowest BCUT2D eigenvalue weighted by Gasteiger charge is -2.13. The molecule has 0 fully saturated rings. The number of anilines is 1. The number of hydrogen-bond donors (Lipinski definition) is 2. The first-order valence-corrected chi connectivity index (χ1v) is 11.0. The maximum absolute atomic E-state index is 14.6. The van der Waals surface area contributed by atoms with Gasteiger partial charge in [-0.05, 0) is 43.5 Å². The number of fused-ring (bicyclic) bond motifs is 1. The Hall–Kier alpha value is -3.01. The van der Waals surface area contributed by atoms with Crippen molar-refractivity contribution in [3.63, 3.8) is 0 Å². The van der Waals surface area contributed by atoms with Crippen LogP contribution in [0.15, 0.2) is 35.2 Å². The van der Waals surface area contributed by atoms with Gasteiger partial charge in [-0.25, -0.2) is 17.2 Å². The van der Waals surface area contributed by atoms with Crippen LogP contribution >= 0.6 is 0 Å². The Balaban J connectivity index is 1.76. The van der Waals surface area contributed by atoms with Crippen LogP contribution in [-0.2, 0) is 23.0 Å². The highest BCUT2D eigenvalue weighted by Gasteiger charge is 2.24. The molecule has 2 aromatic carbocycles. The zero-order valence-corrected chi connectivity index (χ0v) is 17.0. The maximum atomic E-state index is 14.6. The predicted molar refractivity (Wildman–Crippen MR) is 107 cm³/mol. The Morgan fingerprint density at radius 1 is 1.07 bits per heavy atom. The topological polar surface area (TPSA) is 97.1 Å². The third-order valence-electron chi connectivity index (χ3n) is 5.06. The Bertz CT molecular complexity index is 1230. The van der Waals surface area contributed by atoms with E-state index in [1.165, 1.54) is 12.1 Å². The van der Waals surface area contributed by atoms with Gasteiger partial charge in [0.1, 0.15) is 28.1 Å². The van der Waals surface area contributed by atoms with Gasteiger partial charge in [0.2, 0.25) is 0 Å². The zero-order valence-electron chi connectivity index (χ0n) is 16.2. The Morgan fingerprint density at radius 2 is 1.87 bits per heavy atom. The van der Waals surface area contributed by atoms with Crippen LogP contribution in [0.3, 0.4) is 0 Å². The van der Waals surface area contributed by atoms with Crippen LogP contribution in [0.4, 0.5) is 14.5 Å². The number of phenolic OH excluding ortho intramolecular Hbond substituents is 1. The highest BCUT2D eigenvalue weighted by Crippen LogP contribution is 2.32. The average molecular weight is 434 g/mol. The van der Waals surface area contributed by atoms with Crippen molar-refractivity contribution < 1.29 is 22.3 Å². The molecule has 0 bridgehead atoms. The predicted octanol–water partition coefficient (Wildman–Crippen LogP) is 3.76. The summed E-state index contributed by atoms with van der Waals surface area (Å²) in [5, 5.41) is 18.1. The fourth-order valence-electron chi connectivity index (χ4n) is 3.52. The van der Waals surface area contributed by atoms with Crippen LogP contribution in [0, 0.1) is 18.6 Å². The van der Waals surface area contributed by atoms with E-state index in [1.807, 2.05) is 0 Å². The lowest BCUT2D eigenvalue weighted by atomic mass is 10.1. The van der Waals surface area contributed by atoms with E-state index in [9.17, 15) is 22.3 Å². The normalized spacial score (nSPS) is 14.2. The van der Waals surface area contributed by atoms with Crippen molar-refractivity contribution in [2.24, 2.45) is 0 Å². The third-order valence-corrected chi connectivity index (χ3v) is 6.45. The minimum atomic E-state index is -4.32. The van der Waals surface area contributed by atoms with Crippen LogP contribution in [-0.4, -0.2) is 28.3 Å². The minimum absolute atomic E-state index is 0.0526. The third kappa shape index (κ3) is 3.74. The SMILES string of the molecule is Cc1ccc(O)c(S(=O)(=O)Nc2cc(-c3nnc4n3CCCCC4)c(F)cc2F)c1. The molecule has 10 heteroatoms. The molecule has 30 heavy (non-hydrogen) atoms. The summed E-state index contributed by atoms with van der Waals surface area (Å²) in [5.74, 6) is -1.48. The van der Waals surface area contributed by atoms with E-state index < -0.39 is 38.0 Å². The number of aromatic hydroxyl groups is 1. The smallest absolute Gasteiger partial charge is 0.265 e. The van der Waals surface area contributed by atoms with Gasteiger partial charge in [0.05, 0.1) is 11.3 Å². The van der Waals surface area contributed by atoms with Crippen molar-refractivity contribution in [2.75, 3.05) is 4.72 Å². The number of nitrogens with zero attached hydrogens (tertiary/aromatic N) is 3. The molecule has 7 nitrogen and oxygen atoms in total. The summed E-state index contributed by atoms with van der Waals surface area (Å²) in [5.41, 5.74) is 0.0982. The summed E-state index contributed by atoms with van der Waals surface area (Å²) < 4.78 is 58.4. The molecule has 0 spiro atoms. The molecule has 0 amide bonds. The number of nitrogens with one attached hydrogen (secondary N) is 1. The van der Waals surface area contributed by atoms with E-state index >= 15 is 0 Å². The van der Waals surface area contributed by atoms with Crippen molar-refractivity contribution in [2.45, 2.75) is 44.0 Å². The lowest BCUT2D eigenvalue weighted by Crippen LogP contribution is -2.15. The first kappa shape index (κ1) is 20.3. The van der Waals surface area contributed by atoms with Crippen molar-refractivity contribution >= 4 is 15.7 Å². The number of aromatic nitrogens is 3. The number of hydrogen-bond acceptors (Lipinski definition) is 5. The molecule has 2 N–H and O–H groups in total. The van der Waals surface area contributed by atoms with Gasteiger partial charge in [-0.1, -0.05) is 12.5 Å². The van der Waals surface area contributed by atoms with Crippen LogP contribution in [0.1, 0.15) is 30.7 Å². The van der Waals surface area contributed by atoms with E-state index in [1.54, 1.807) is 17.6 Å². The Morgan fingerprint density at radius 3 is 2.67 bits per heavy atom. The summed E-state index contributed by atoms with van der Waals surface area (Å²) in [7, 11) is -4.32. The summed E-state index contributed by atoms with van der Waals surface area (Å²) >= 11 is 0. The van der Waals surface area contributed by atoms with Crippen LogP contribution in [0.5, 0.6) is 5.75 Å². The lowest BCUT2D eigenvalue weighted by molar-refractivity contribution is 0.459. The molecule has 3 aromatic rings.